The molecule has 0 aliphatic heterocycles. The molecule has 0 rings (SSSR count). The van der Waals surface area contributed by atoms with Crippen LogP contribution in [0.5, 0.6) is 0 Å². The molecule has 2 heteroatoms. The van der Waals surface area contributed by atoms with Gasteiger partial charge in [0.1, 0.15) is 5.84 Å². The number of amidine groups is 1. The number of allylic oxidation sites excluding steroid dienone is 1. The molecule has 0 heterocycles. The summed E-state index contributed by atoms with van der Waals surface area (Å²) in [6.07, 6.45) is 3.12. The Labute approximate surface area is 96.1 Å². The lowest BCUT2D eigenvalue weighted by molar-refractivity contribution is 0.485. The maximum absolute atomic E-state index is 4.28. The van der Waals surface area contributed by atoms with Gasteiger partial charge in [0.05, 0.1) is 0 Å². The van der Waals surface area contributed by atoms with Crippen LogP contribution in [0.1, 0.15) is 53.9 Å². The van der Waals surface area contributed by atoms with Gasteiger partial charge in [0, 0.05) is 25.7 Å². The van der Waals surface area contributed by atoms with E-state index in [1.165, 1.54) is 5.70 Å². The zero-order valence-electron chi connectivity index (χ0n) is 11.4. The van der Waals surface area contributed by atoms with E-state index in [2.05, 4.69) is 37.2 Å². The summed E-state index contributed by atoms with van der Waals surface area (Å²) in [6.45, 7) is 15.5. The minimum Gasteiger partial charge on any atom is -0.335 e. The average Bonchev–Trinajstić information content (AvgIpc) is 2.31. The molecule has 2 nitrogen and oxygen atoms in total. The predicted octanol–water partition coefficient (Wildman–Crippen LogP) is 4.09. The van der Waals surface area contributed by atoms with E-state index in [1.807, 2.05) is 20.9 Å². The van der Waals surface area contributed by atoms with E-state index in [0.717, 1.165) is 31.6 Å². The molecule has 0 saturated carbocycles. The first-order valence-corrected chi connectivity index (χ1v) is 6.12. The van der Waals surface area contributed by atoms with Crippen LogP contribution in [-0.4, -0.2) is 24.3 Å². The molecule has 0 saturated heterocycles. The van der Waals surface area contributed by atoms with Crippen LogP contribution in [-0.2, 0) is 0 Å². The van der Waals surface area contributed by atoms with Gasteiger partial charge in [-0.1, -0.05) is 41.2 Å². The molecule has 0 spiro atoms. The van der Waals surface area contributed by atoms with Gasteiger partial charge >= 0.3 is 0 Å². The Hall–Kier alpha value is -0.790. The van der Waals surface area contributed by atoms with Crippen LogP contribution in [0.4, 0.5) is 0 Å². The second kappa shape index (κ2) is 11.3. The molecule has 0 aromatic heterocycles. The summed E-state index contributed by atoms with van der Waals surface area (Å²) in [5.41, 5.74) is 1.17. The minimum atomic E-state index is 0.982. The second-order valence-electron chi connectivity index (χ2n) is 3.06. The van der Waals surface area contributed by atoms with Crippen molar-refractivity contribution in [3.8, 4) is 0 Å². The first-order chi connectivity index (χ1) is 7.21. The zero-order chi connectivity index (χ0) is 12.3. The predicted molar refractivity (Wildman–Crippen MR) is 71.4 cm³/mol. The van der Waals surface area contributed by atoms with Crippen LogP contribution in [0.2, 0.25) is 0 Å². The summed E-state index contributed by atoms with van der Waals surface area (Å²) in [5.74, 6) is 1.15. The van der Waals surface area contributed by atoms with Crippen molar-refractivity contribution in [2.75, 3.05) is 13.6 Å². The molecular formula is C13H28N2. The van der Waals surface area contributed by atoms with Gasteiger partial charge in [-0.15, -0.1) is 0 Å². The fourth-order valence-corrected chi connectivity index (χ4v) is 1.35. The van der Waals surface area contributed by atoms with Gasteiger partial charge in [-0.3, -0.25) is 4.99 Å². The Kier molecular flexibility index (Phi) is 12.5. The van der Waals surface area contributed by atoms with Gasteiger partial charge in [0.15, 0.2) is 0 Å². The Morgan fingerprint density at radius 2 is 1.67 bits per heavy atom. The van der Waals surface area contributed by atoms with Crippen molar-refractivity contribution in [1.82, 2.24) is 4.90 Å². The molecule has 0 bridgehead atoms. The summed E-state index contributed by atoms with van der Waals surface area (Å²) >= 11 is 0. The standard InChI is InChI=1S/C11H22N2.C2H6/c1-6-9-13(10(4)7-2)11(8-3)12-5;1-2/h4,6-9H2,1-3,5H3;1-2H3. The second-order valence-corrected chi connectivity index (χ2v) is 3.06. The van der Waals surface area contributed by atoms with Gasteiger partial charge in [-0.05, 0) is 12.8 Å². The van der Waals surface area contributed by atoms with E-state index in [0.29, 0.717) is 0 Å². The fraction of sp³-hybridized carbons (Fsp3) is 0.769. The summed E-state index contributed by atoms with van der Waals surface area (Å²) < 4.78 is 0. The maximum Gasteiger partial charge on any atom is 0.102 e. The molecule has 0 amide bonds. The monoisotopic (exact) mass is 212 g/mol. The van der Waals surface area contributed by atoms with Gasteiger partial charge in [-0.2, -0.15) is 0 Å². The molecule has 0 aliphatic carbocycles. The van der Waals surface area contributed by atoms with Crippen molar-refractivity contribution in [1.29, 1.82) is 0 Å². The Morgan fingerprint density at radius 3 is 1.93 bits per heavy atom. The highest BCUT2D eigenvalue weighted by Gasteiger charge is 2.09. The quantitative estimate of drug-likeness (QED) is 0.495. The molecule has 0 aromatic carbocycles. The third kappa shape index (κ3) is 6.32. The SMILES string of the molecule is C=C(CC)N(CCC)C(CC)=NC.CC. The van der Waals surface area contributed by atoms with Crippen LogP contribution in [0, 0.1) is 0 Å². The molecule has 0 unspecified atom stereocenters. The van der Waals surface area contributed by atoms with Crippen molar-refractivity contribution in [2.24, 2.45) is 4.99 Å². The lowest BCUT2D eigenvalue weighted by atomic mass is 10.2. The Balaban J connectivity index is 0. The summed E-state index contributed by atoms with van der Waals surface area (Å²) in [5, 5.41) is 0. The maximum atomic E-state index is 4.28. The molecule has 0 aromatic rings. The first-order valence-electron chi connectivity index (χ1n) is 6.12. The molecule has 0 radical (unpaired) electrons. The molecule has 90 valence electrons. The average molecular weight is 212 g/mol. The summed E-state index contributed by atoms with van der Waals surface area (Å²) in [4.78, 5) is 6.51. The largest absolute Gasteiger partial charge is 0.335 e. The summed E-state index contributed by atoms with van der Waals surface area (Å²) in [6, 6.07) is 0. The lowest BCUT2D eigenvalue weighted by Crippen LogP contribution is -2.30. The van der Waals surface area contributed by atoms with E-state index in [9.17, 15) is 0 Å². The highest BCUT2D eigenvalue weighted by atomic mass is 15.2. The molecule has 0 atom stereocenters. The van der Waals surface area contributed by atoms with Gasteiger partial charge in [0.2, 0.25) is 0 Å². The smallest absolute Gasteiger partial charge is 0.102 e. The van der Waals surface area contributed by atoms with Gasteiger partial charge in [-0.25, -0.2) is 0 Å². The lowest BCUT2D eigenvalue weighted by Gasteiger charge is -2.26. The van der Waals surface area contributed by atoms with Crippen molar-refractivity contribution in [3.05, 3.63) is 12.3 Å². The summed E-state index contributed by atoms with van der Waals surface area (Å²) in [7, 11) is 1.85. The van der Waals surface area contributed by atoms with Crippen LogP contribution < -0.4 is 0 Å². The Morgan fingerprint density at radius 1 is 1.13 bits per heavy atom. The third-order valence-electron chi connectivity index (χ3n) is 2.12. The van der Waals surface area contributed by atoms with E-state index in [4.69, 9.17) is 0 Å². The first kappa shape index (κ1) is 16.6. The van der Waals surface area contributed by atoms with Crippen molar-refractivity contribution in [2.45, 2.75) is 53.9 Å². The van der Waals surface area contributed by atoms with Crippen LogP contribution >= 0.6 is 0 Å². The van der Waals surface area contributed by atoms with Crippen molar-refractivity contribution < 1.29 is 0 Å². The zero-order valence-corrected chi connectivity index (χ0v) is 11.4. The fourth-order valence-electron chi connectivity index (χ4n) is 1.35. The number of hydrogen-bond acceptors (Lipinski definition) is 1. The molecule has 0 aliphatic rings. The van der Waals surface area contributed by atoms with E-state index in [1.54, 1.807) is 0 Å². The van der Waals surface area contributed by atoms with E-state index >= 15 is 0 Å². The molecule has 15 heavy (non-hydrogen) atoms. The van der Waals surface area contributed by atoms with Gasteiger partial charge < -0.3 is 4.90 Å². The third-order valence-corrected chi connectivity index (χ3v) is 2.12. The molecule has 0 fully saturated rings. The highest BCUT2D eigenvalue weighted by Crippen LogP contribution is 2.10. The topological polar surface area (TPSA) is 15.6 Å². The molecular weight excluding hydrogens is 184 g/mol. The normalized spacial score (nSPS) is 10.4. The van der Waals surface area contributed by atoms with Crippen molar-refractivity contribution >= 4 is 5.84 Å². The number of nitrogens with zero attached hydrogens (tertiary/aromatic N) is 2. The van der Waals surface area contributed by atoms with Crippen LogP contribution in [0.3, 0.4) is 0 Å². The number of hydrogen-bond donors (Lipinski definition) is 0. The van der Waals surface area contributed by atoms with Crippen LogP contribution in [0.15, 0.2) is 17.3 Å². The van der Waals surface area contributed by atoms with Gasteiger partial charge in [0.25, 0.3) is 0 Å². The van der Waals surface area contributed by atoms with E-state index in [-0.39, 0.29) is 0 Å². The minimum absolute atomic E-state index is 0.982. The van der Waals surface area contributed by atoms with Crippen molar-refractivity contribution in [3.63, 3.8) is 0 Å². The highest BCUT2D eigenvalue weighted by molar-refractivity contribution is 5.83. The Bertz CT molecular complexity index is 183. The number of aliphatic imine (C=N–C) groups is 1. The van der Waals surface area contributed by atoms with Crippen LogP contribution in [0.25, 0.3) is 0 Å². The number of rotatable bonds is 5. The van der Waals surface area contributed by atoms with E-state index < -0.39 is 0 Å². The molecule has 0 N–H and O–H groups in total.